The molecule has 0 saturated heterocycles. The second-order valence-electron chi connectivity index (χ2n) is 5.86. The van der Waals surface area contributed by atoms with Crippen LogP contribution in [0.25, 0.3) is 0 Å². The van der Waals surface area contributed by atoms with E-state index >= 15 is 0 Å². The van der Waals surface area contributed by atoms with Crippen LogP contribution in [-0.4, -0.2) is 112 Å². The van der Waals surface area contributed by atoms with Crippen molar-refractivity contribution in [2.24, 2.45) is 0 Å². The first-order chi connectivity index (χ1) is 12.9. The van der Waals surface area contributed by atoms with Gasteiger partial charge >= 0.3 is 0 Å². The van der Waals surface area contributed by atoms with Crippen LogP contribution in [0.4, 0.5) is 0 Å². The maximum absolute atomic E-state index is 10.8. The predicted octanol–water partition coefficient (Wildman–Crippen LogP) is 0.00550. The average Bonchev–Trinajstić information content (AvgIpc) is 2.59. The van der Waals surface area contributed by atoms with Crippen LogP contribution in [0.15, 0.2) is 0 Å². The van der Waals surface area contributed by atoms with Gasteiger partial charge in [-0.05, 0) is 6.42 Å². The van der Waals surface area contributed by atoms with Gasteiger partial charge in [0.05, 0.1) is 45.4 Å². The van der Waals surface area contributed by atoms with Crippen LogP contribution in [0.3, 0.4) is 0 Å². The second kappa shape index (κ2) is 16.6. The normalized spacial score (nSPS) is 12.6. The van der Waals surface area contributed by atoms with Crippen LogP contribution >= 0.6 is 0 Å². The maximum atomic E-state index is 10.8. The van der Waals surface area contributed by atoms with Crippen molar-refractivity contribution in [3.8, 4) is 0 Å². The minimum absolute atomic E-state index is 0.135. The Bertz CT molecular complexity index is 399. The molecular formula is C16H34O10S. The lowest BCUT2D eigenvalue weighted by molar-refractivity contribution is -0.122. The van der Waals surface area contributed by atoms with Gasteiger partial charge in [-0.3, -0.25) is 4.55 Å². The first-order valence-electron chi connectivity index (χ1n) is 8.61. The Kier molecular flexibility index (Phi) is 16.3. The van der Waals surface area contributed by atoms with Crippen molar-refractivity contribution in [1.82, 2.24) is 0 Å². The summed E-state index contributed by atoms with van der Waals surface area (Å²) in [5, 5.41) is 0. The Balaban J connectivity index is 4.57. The van der Waals surface area contributed by atoms with Crippen molar-refractivity contribution in [2.45, 2.75) is 24.7 Å². The van der Waals surface area contributed by atoms with E-state index in [-0.39, 0.29) is 44.2 Å². The number of hydrogen-bond acceptors (Lipinski definition) is 9. The molecule has 11 heteroatoms. The van der Waals surface area contributed by atoms with Gasteiger partial charge in [-0.25, -0.2) is 0 Å². The highest BCUT2D eigenvalue weighted by Gasteiger charge is 2.18. The van der Waals surface area contributed by atoms with E-state index in [4.69, 9.17) is 37.7 Å². The molecule has 10 nitrogen and oxygen atoms in total. The van der Waals surface area contributed by atoms with Gasteiger partial charge in [0.25, 0.3) is 10.1 Å². The molecule has 0 spiro atoms. The monoisotopic (exact) mass is 418 g/mol. The predicted molar refractivity (Wildman–Crippen MR) is 97.8 cm³/mol. The highest BCUT2D eigenvalue weighted by atomic mass is 32.2. The largest absolute Gasteiger partial charge is 0.382 e. The van der Waals surface area contributed by atoms with Gasteiger partial charge < -0.3 is 33.2 Å². The molecule has 0 aliphatic heterocycles. The summed E-state index contributed by atoms with van der Waals surface area (Å²) >= 11 is 0. The fourth-order valence-electron chi connectivity index (χ4n) is 2.15. The summed E-state index contributed by atoms with van der Waals surface area (Å²) in [6.45, 7) is 1.99. The molecule has 0 atom stereocenters. The molecule has 0 aliphatic carbocycles. The number of rotatable bonds is 19. The Hall–Kier alpha value is -0.370. The zero-order chi connectivity index (χ0) is 20.5. The van der Waals surface area contributed by atoms with Crippen LogP contribution < -0.4 is 0 Å². The molecule has 0 aromatic rings. The van der Waals surface area contributed by atoms with Crippen molar-refractivity contribution < 1.29 is 46.1 Å². The van der Waals surface area contributed by atoms with E-state index in [0.29, 0.717) is 26.4 Å². The summed E-state index contributed by atoms with van der Waals surface area (Å²) < 4.78 is 67.9. The third-order valence-corrected chi connectivity index (χ3v) is 4.15. The number of ether oxygens (including phenoxy) is 7. The number of hydrogen-bond donors (Lipinski definition) is 1. The Morgan fingerprint density at radius 1 is 0.667 bits per heavy atom. The van der Waals surface area contributed by atoms with E-state index in [1.165, 1.54) is 0 Å². The van der Waals surface area contributed by atoms with Crippen LogP contribution in [0.2, 0.25) is 0 Å². The molecule has 0 radical (unpaired) electrons. The molecule has 0 amide bonds. The van der Waals surface area contributed by atoms with Gasteiger partial charge in [-0.2, -0.15) is 8.42 Å². The van der Waals surface area contributed by atoms with E-state index in [9.17, 15) is 8.42 Å². The smallest absolute Gasteiger partial charge is 0.264 e. The summed E-state index contributed by atoms with van der Waals surface area (Å²) in [7, 11) is 2.26. The molecule has 0 rings (SSSR count). The van der Waals surface area contributed by atoms with Crippen LogP contribution in [0.5, 0.6) is 0 Å². The Morgan fingerprint density at radius 3 is 1.37 bits per heavy atom. The summed E-state index contributed by atoms with van der Waals surface area (Å²) in [5.74, 6) is -0.368. The molecule has 0 fully saturated rings. The Labute approximate surface area is 162 Å². The van der Waals surface area contributed by atoms with Crippen LogP contribution in [0.1, 0.15) is 6.42 Å². The van der Waals surface area contributed by atoms with E-state index in [0.717, 1.165) is 0 Å². The van der Waals surface area contributed by atoms with Gasteiger partial charge in [0.1, 0.15) is 18.3 Å². The van der Waals surface area contributed by atoms with E-state index in [1.54, 1.807) is 28.4 Å². The summed E-state index contributed by atoms with van der Waals surface area (Å²) in [4.78, 5) is 0. The topological polar surface area (TPSA) is 119 Å². The molecule has 0 saturated carbocycles. The third-order valence-electron chi connectivity index (χ3n) is 3.35. The van der Waals surface area contributed by atoms with Crippen molar-refractivity contribution >= 4 is 10.1 Å². The van der Waals surface area contributed by atoms with Crippen molar-refractivity contribution in [1.29, 1.82) is 0 Å². The SMILES string of the molecule is COCC(COC)OCC(COC(COC)COC)OCCCS(=O)(=O)O. The zero-order valence-electron chi connectivity index (χ0n) is 16.6. The quantitative estimate of drug-likeness (QED) is 0.227. The molecule has 0 bridgehead atoms. The zero-order valence-corrected chi connectivity index (χ0v) is 17.4. The van der Waals surface area contributed by atoms with Crippen LogP contribution in [0, 0.1) is 0 Å². The summed E-state index contributed by atoms with van der Waals surface area (Å²) in [6, 6.07) is 0. The molecule has 0 aromatic carbocycles. The van der Waals surface area contributed by atoms with Crippen LogP contribution in [-0.2, 0) is 43.3 Å². The van der Waals surface area contributed by atoms with Gasteiger partial charge in [0.15, 0.2) is 0 Å². The maximum Gasteiger partial charge on any atom is 0.264 e. The third kappa shape index (κ3) is 16.3. The minimum atomic E-state index is -4.01. The van der Waals surface area contributed by atoms with E-state index in [2.05, 4.69) is 0 Å². The Morgan fingerprint density at radius 2 is 1.04 bits per heavy atom. The van der Waals surface area contributed by atoms with Gasteiger partial charge in [-0.1, -0.05) is 0 Å². The van der Waals surface area contributed by atoms with Gasteiger partial charge in [0, 0.05) is 35.0 Å². The fraction of sp³-hybridized carbons (Fsp3) is 1.00. The van der Waals surface area contributed by atoms with E-state index < -0.39 is 16.2 Å². The second-order valence-corrected chi connectivity index (χ2v) is 7.44. The summed E-state index contributed by atoms with van der Waals surface area (Å²) in [5.41, 5.74) is 0. The highest BCUT2D eigenvalue weighted by molar-refractivity contribution is 7.85. The van der Waals surface area contributed by atoms with Crippen molar-refractivity contribution in [3.05, 3.63) is 0 Å². The fourth-order valence-corrected chi connectivity index (χ4v) is 2.64. The van der Waals surface area contributed by atoms with E-state index in [1.807, 2.05) is 0 Å². The molecule has 0 unspecified atom stereocenters. The lowest BCUT2D eigenvalue weighted by Gasteiger charge is -2.24. The molecule has 0 aromatic heterocycles. The first kappa shape index (κ1) is 26.6. The summed E-state index contributed by atoms with van der Waals surface area (Å²) in [6.07, 6.45) is -0.816. The lowest BCUT2D eigenvalue weighted by atomic mass is 10.3. The van der Waals surface area contributed by atoms with Crippen molar-refractivity contribution in [3.63, 3.8) is 0 Å². The molecule has 1 N–H and O–H groups in total. The molecular weight excluding hydrogens is 384 g/mol. The first-order valence-corrected chi connectivity index (χ1v) is 10.2. The van der Waals surface area contributed by atoms with Gasteiger partial charge in [0.2, 0.25) is 0 Å². The standard InChI is InChI=1S/C16H34O10S/c1-20-8-14(9-21-2)25-12-16(24-6-5-7-27(17,18)19)13-26-15(10-22-3)11-23-4/h14-16H,5-13H2,1-4H3,(H,17,18,19). The molecule has 0 heterocycles. The molecule has 27 heavy (non-hydrogen) atoms. The highest BCUT2D eigenvalue weighted by Crippen LogP contribution is 2.05. The average molecular weight is 419 g/mol. The molecule has 0 aliphatic rings. The lowest BCUT2D eigenvalue weighted by Crippen LogP contribution is -2.35. The molecule has 164 valence electrons. The van der Waals surface area contributed by atoms with Crippen molar-refractivity contribution in [2.75, 3.05) is 80.4 Å². The van der Waals surface area contributed by atoms with Gasteiger partial charge in [-0.15, -0.1) is 0 Å². The number of methoxy groups -OCH3 is 4. The minimum Gasteiger partial charge on any atom is -0.382 e.